The molecule has 2 aromatic carbocycles. The van der Waals surface area contributed by atoms with Crippen molar-refractivity contribution in [1.29, 1.82) is 0 Å². The van der Waals surface area contributed by atoms with E-state index in [1.807, 2.05) is 12.1 Å². The van der Waals surface area contributed by atoms with Crippen molar-refractivity contribution in [3.05, 3.63) is 71.8 Å². The van der Waals surface area contributed by atoms with Gasteiger partial charge < -0.3 is 10.8 Å². The number of aliphatic hydroxyl groups excluding tert-OH is 1. The van der Waals surface area contributed by atoms with Crippen molar-refractivity contribution in [3.8, 4) is 0 Å². The number of carbonyl (C=O) groups excluding carboxylic acids is 1. The quantitative estimate of drug-likeness (QED) is 0.493. The zero-order valence-electron chi connectivity index (χ0n) is 17.7. The molecule has 0 aliphatic heterocycles. The van der Waals surface area contributed by atoms with E-state index in [0.29, 0.717) is 6.42 Å². The van der Waals surface area contributed by atoms with Crippen molar-refractivity contribution in [2.24, 2.45) is 5.73 Å². The molecular formula is C24H31NO5P+. The molecule has 1 aliphatic rings. The lowest BCUT2D eigenvalue weighted by atomic mass is 9.65. The van der Waals surface area contributed by atoms with Gasteiger partial charge in [0.2, 0.25) is 5.91 Å². The minimum atomic E-state index is -2.34. The topological polar surface area (TPSA) is 98.9 Å². The average Bonchev–Trinajstić information content (AvgIpc) is 2.79. The Bertz CT molecular complexity index is 796. The fraction of sp³-hybridized carbons (Fsp3) is 0.458. The average molecular weight is 444 g/mol. The van der Waals surface area contributed by atoms with Crippen LogP contribution < -0.4 is 5.73 Å². The van der Waals surface area contributed by atoms with Gasteiger partial charge in [-0.2, -0.15) is 0 Å². The van der Waals surface area contributed by atoms with E-state index in [1.165, 1.54) is 11.1 Å². The second kappa shape index (κ2) is 11.5. The molecule has 0 bridgehead atoms. The Hall–Kier alpha value is -2.11. The van der Waals surface area contributed by atoms with Crippen molar-refractivity contribution in [2.75, 3.05) is 6.61 Å². The highest BCUT2D eigenvalue weighted by atomic mass is 31.1. The van der Waals surface area contributed by atoms with E-state index in [1.54, 1.807) is 0 Å². The molecule has 3 rings (SSSR count). The molecule has 3 N–H and O–H groups in total. The molecule has 7 heteroatoms. The molecule has 1 aliphatic carbocycles. The molecule has 2 unspecified atom stereocenters. The van der Waals surface area contributed by atoms with Gasteiger partial charge in [0.15, 0.2) is 0 Å². The summed E-state index contributed by atoms with van der Waals surface area (Å²) in [5.41, 5.74) is 7.66. The highest BCUT2D eigenvalue weighted by Gasteiger charge is 2.42. The SMILES string of the molecule is NC(=O)CCC(CCO)O[P+](=O)OC1CCC(c2ccccc2)(c2ccccc2)CC1. The van der Waals surface area contributed by atoms with Gasteiger partial charge >= 0.3 is 8.25 Å². The van der Waals surface area contributed by atoms with Crippen LogP contribution in [0.15, 0.2) is 60.7 Å². The zero-order valence-corrected chi connectivity index (χ0v) is 18.6. The first-order valence-electron chi connectivity index (χ1n) is 10.8. The van der Waals surface area contributed by atoms with E-state index in [-0.39, 0.29) is 31.0 Å². The summed E-state index contributed by atoms with van der Waals surface area (Å²) in [7, 11) is -2.34. The highest BCUT2D eigenvalue weighted by molar-refractivity contribution is 7.33. The van der Waals surface area contributed by atoms with Crippen LogP contribution in [0.1, 0.15) is 56.1 Å². The summed E-state index contributed by atoms with van der Waals surface area (Å²) in [4.78, 5) is 11.0. The molecule has 2 atom stereocenters. The second-order valence-corrected chi connectivity index (χ2v) is 8.96. The van der Waals surface area contributed by atoms with Crippen LogP contribution in [0.2, 0.25) is 0 Å². The molecule has 0 aromatic heterocycles. The second-order valence-electron chi connectivity index (χ2n) is 8.09. The predicted molar refractivity (Wildman–Crippen MR) is 120 cm³/mol. The molecule has 2 aromatic rings. The van der Waals surface area contributed by atoms with E-state index in [9.17, 15) is 14.5 Å². The number of hydrogen-bond donors (Lipinski definition) is 2. The molecule has 31 heavy (non-hydrogen) atoms. The summed E-state index contributed by atoms with van der Waals surface area (Å²) in [5, 5.41) is 9.18. The first kappa shape index (κ1) is 23.6. The maximum Gasteiger partial charge on any atom is 0.697 e. The number of aliphatic hydroxyl groups is 1. The van der Waals surface area contributed by atoms with Crippen molar-refractivity contribution in [1.82, 2.24) is 0 Å². The Morgan fingerprint density at radius 1 is 1.03 bits per heavy atom. The van der Waals surface area contributed by atoms with Crippen LogP contribution in [-0.2, 0) is 23.8 Å². The molecule has 0 heterocycles. The van der Waals surface area contributed by atoms with E-state index < -0.39 is 20.3 Å². The number of benzene rings is 2. The van der Waals surface area contributed by atoms with Crippen molar-refractivity contribution in [2.45, 2.75) is 62.6 Å². The van der Waals surface area contributed by atoms with Gasteiger partial charge in [0, 0.05) is 29.4 Å². The lowest BCUT2D eigenvalue weighted by Gasteiger charge is -2.40. The van der Waals surface area contributed by atoms with Gasteiger partial charge in [-0.25, -0.2) is 0 Å². The van der Waals surface area contributed by atoms with Crippen LogP contribution in [0.5, 0.6) is 0 Å². The minimum Gasteiger partial charge on any atom is -0.396 e. The number of amides is 1. The molecule has 0 spiro atoms. The third-order valence-electron chi connectivity index (χ3n) is 6.07. The lowest BCUT2D eigenvalue weighted by Crippen LogP contribution is -2.35. The molecule has 0 radical (unpaired) electrons. The molecular weight excluding hydrogens is 413 g/mol. The Balaban J connectivity index is 1.63. The largest absolute Gasteiger partial charge is 0.697 e. The first-order chi connectivity index (χ1) is 15.0. The summed E-state index contributed by atoms with van der Waals surface area (Å²) < 4.78 is 23.7. The molecule has 6 nitrogen and oxygen atoms in total. The van der Waals surface area contributed by atoms with Crippen molar-refractivity contribution < 1.29 is 23.5 Å². The van der Waals surface area contributed by atoms with Gasteiger partial charge in [0.25, 0.3) is 0 Å². The Morgan fingerprint density at radius 2 is 1.58 bits per heavy atom. The summed E-state index contributed by atoms with van der Waals surface area (Å²) in [6.07, 6.45) is 3.35. The van der Waals surface area contributed by atoms with Gasteiger partial charge in [-0.15, -0.1) is 9.05 Å². The van der Waals surface area contributed by atoms with E-state index >= 15 is 0 Å². The number of carbonyl (C=O) groups is 1. The number of primary amides is 1. The minimum absolute atomic E-state index is 0.0875. The predicted octanol–water partition coefficient (Wildman–Crippen LogP) is 4.62. The van der Waals surface area contributed by atoms with Gasteiger partial charge in [-0.1, -0.05) is 60.7 Å². The summed E-state index contributed by atoms with van der Waals surface area (Å²) in [6, 6.07) is 21.0. The van der Waals surface area contributed by atoms with Crippen LogP contribution in [0.4, 0.5) is 0 Å². The third kappa shape index (κ3) is 6.44. The number of rotatable bonds is 11. The summed E-state index contributed by atoms with van der Waals surface area (Å²) >= 11 is 0. The molecule has 1 amide bonds. The van der Waals surface area contributed by atoms with Crippen LogP contribution in [0.3, 0.4) is 0 Å². The van der Waals surface area contributed by atoms with Gasteiger partial charge in [0.05, 0.1) is 0 Å². The van der Waals surface area contributed by atoms with Crippen molar-refractivity contribution >= 4 is 14.2 Å². The fourth-order valence-electron chi connectivity index (χ4n) is 4.41. The zero-order chi connectivity index (χ0) is 22.1. The van der Waals surface area contributed by atoms with Crippen LogP contribution in [0, 0.1) is 0 Å². The van der Waals surface area contributed by atoms with Crippen LogP contribution in [0.25, 0.3) is 0 Å². The maximum atomic E-state index is 12.4. The van der Waals surface area contributed by atoms with Crippen molar-refractivity contribution in [3.63, 3.8) is 0 Å². The molecule has 166 valence electrons. The number of hydrogen-bond acceptors (Lipinski definition) is 5. The Labute approximate surface area is 184 Å². The van der Waals surface area contributed by atoms with Gasteiger partial charge in [-0.3, -0.25) is 4.79 Å². The standard InChI is InChI=1S/C24H30NO5P/c25-23(27)12-11-21(15-18-26)29-31(28)30-22-13-16-24(17-14-22,19-7-3-1-4-8-19)20-9-5-2-6-10-20/h1-10,21-22,26H,11-18H2,(H-,25,27)/p+1. The van der Waals surface area contributed by atoms with Crippen LogP contribution in [-0.4, -0.2) is 29.8 Å². The van der Waals surface area contributed by atoms with E-state index in [2.05, 4.69) is 48.5 Å². The summed E-state index contributed by atoms with van der Waals surface area (Å²) in [6.45, 7) is -0.118. The molecule has 0 saturated heterocycles. The third-order valence-corrected chi connectivity index (χ3v) is 7.01. The monoisotopic (exact) mass is 444 g/mol. The first-order valence-corrected chi connectivity index (χ1v) is 11.9. The van der Waals surface area contributed by atoms with Gasteiger partial charge in [0.1, 0.15) is 12.2 Å². The van der Waals surface area contributed by atoms with Gasteiger partial charge in [-0.05, 0) is 43.2 Å². The molecule has 1 fully saturated rings. The van der Waals surface area contributed by atoms with E-state index in [0.717, 1.165) is 25.7 Å². The lowest BCUT2D eigenvalue weighted by molar-refractivity contribution is -0.118. The fourth-order valence-corrected chi connectivity index (χ4v) is 5.37. The number of nitrogens with two attached hydrogens (primary N) is 1. The highest BCUT2D eigenvalue weighted by Crippen LogP contribution is 2.47. The maximum absolute atomic E-state index is 12.4. The smallest absolute Gasteiger partial charge is 0.396 e. The Kier molecular flexibility index (Phi) is 8.73. The van der Waals surface area contributed by atoms with Crippen LogP contribution >= 0.6 is 8.25 Å². The molecule has 1 saturated carbocycles. The normalized spacial score (nSPS) is 17.8. The van der Waals surface area contributed by atoms with E-state index in [4.69, 9.17) is 14.8 Å². The Morgan fingerprint density at radius 3 is 2.06 bits per heavy atom. The summed E-state index contributed by atoms with van der Waals surface area (Å²) in [5.74, 6) is -0.451.